The molecule has 0 fully saturated rings. The summed E-state index contributed by atoms with van der Waals surface area (Å²) in [5.41, 5.74) is -0.464. The second-order valence-electron chi connectivity index (χ2n) is 3.20. The molecular weight excluding hydrogens is 237 g/mol. The van der Waals surface area contributed by atoms with E-state index < -0.39 is 27.4 Å². The third-order valence-electron chi connectivity index (χ3n) is 2.04. The molecular formula is C9H10FNO4S. The lowest BCUT2D eigenvalue weighted by Crippen LogP contribution is -2.25. The van der Waals surface area contributed by atoms with Gasteiger partial charge in [-0.25, -0.2) is 17.6 Å². The zero-order valence-electron chi connectivity index (χ0n) is 8.64. The number of benzene rings is 1. The van der Waals surface area contributed by atoms with E-state index in [0.717, 1.165) is 22.7 Å². The molecule has 0 spiro atoms. The molecule has 16 heavy (non-hydrogen) atoms. The normalized spacial score (nSPS) is 11.2. The van der Waals surface area contributed by atoms with Gasteiger partial charge in [0.1, 0.15) is 5.82 Å². The van der Waals surface area contributed by atoms with Gasteiger partial charge in [-0.05, 0) is 18.2 Å². The first-order valence-corrected chi connectivity index (χ1v) is 6.05. The number of nitrogens with zero attached hydrogens (tertiary/aromatic N) is 1. The van der Waals surface area contributed by atoms with Crippen molar-refractivity contribution >= 4 is 21.7 Å². The molecule has 0 amide bonds. The van der Waals surface area contributed by atoms with Crippen LogP contribution in [0.5, 0.6) is 0 Å². The van der Waals surface area contributed by atoms with Gasteiger partial charge in [-0.1, -0.05) is 0 Å². The second kappa shape index (κ2) is 4.09. The molecule has 0 aliphatic heterocycles. The van der Waals surface area contributed by atoms with Crippen LogP contribution in [-0.4, -0.2) is 32.8 Å². The van der Waals surface area contributed by atoms with Crippen LogP contribution in [-0.2, 0) is 10.0 Å². The van der Waals surface area contributed by atoms with E-state index in [4.69, 9.17) is 5.11 Å². The first-order valence-electron chi connectivity index (χ1n) is 4.20. The molecule has 1 N–H and O–H groups in total. The molecule has 0 saturated carbocycles. The minimum Gasteiger partial charge on any atom is -0.478 e. The summed E-state index contributed by atoms with van der Waals surface area (Å²) in [6, 6.07) is 3.09. The Hall–Kier alpha value is -1.63. The van der Waals surface area contributed by atoms with E-state index in [1.807, 2.05) is 0 Å². The summed E-state index contributed by atoms with van der Waals surface area (Å²) < 4.78 is 36.3. The van der Waals surface area contributed by atoms with Gasteiger partial charge in [0, 0.05) is 7.05 Å². The van der Waals surface area contributed by atoms with Crippen LogP contribution in [0.4, 0.5) is 10.1 Å². The van der Waals surface area contributed by atoms with Gasteiger partial charge in [-0.2, -0.15) is 0 Å². The number of sulfonamides is 1. The van der Waals surface area contributed by atoms with Crippen LogP contribution in [0.2, 0.25) is 0 Å². The van der Waals surface area contributed by atoms with E-state index >= 15 is 0 Å². The predicted octanol–water partition coefficient (Wildman–Crippen LogP) is 0.920. The maximum absolute atomic E-state index is 13.0. The third-order valence-corrected chi connectivity index (χ3v) is 3.25. The molecule has 7 heteroatoms. The molecule has 1 aromatic rings. The van der Waals surface area contributed by atoms with Gasteiger partial charge < -0.3 is 5.11 Å². The lowest BCUT2D eigenvalue weighted by atomic mass is 10.2. The van der Waals surface area contributed by atoms with Gasteiger partial charge in [-0.3, -0.25) is 4.31 Å². The monoisotopic (exact) mass is 247 g/mol. The maximum Gasteiger partial charge on any atom is 0.338 e. The van der Waals surface area contributed by atoms with Crippen molar-refractivity contribution in [3.05, 3.63) is 29.6 Å². The summed E-state index contributed by atoms with van der Waals surface area (Å²) in [7, 11) is -2.24. The van der Waals surface area contributed by atoms with E-state index in [1.54, 1.807) is 0 Å². The summed E-state index contributed by atoms with van der Waals surface area (Å²) in [5.74, 6) is -2.35. The van der Waals surface area contributed by atoms with Gasteiger partial charge >= 0.3 is 5.97 Å². The van der Waals surface area contributed by atoms with E-state index in [0.29, 0.717) is 0 Å². The van der Waals surface area contributed by atoms with Crippen molar-refractivity contribution in [2.75, 3.05) is 17.6 Å². The minimum absolute atomic E-state index is 0.0984. The minimum atomic E-state index is -3.49. The van der Waals surface area contributed by atoms with Crippen LogP contribution in [0, 0.1) is 5.82 Å². The number of carboxylic acid groups (broad SMARTS) is 1. The SMILES string of the molecule is CN(c1ccc(F)c(C(=O)O)c1)S(C)(=O)=O. The molecule has 0 aromatic heterocycles. The molecule has 88 valence electrons. The molecule has 0 unspecified atom stereocenters. The molecule has 0 bridgehead atoms. The molecule has 1 aromatic carbocycles. The van der Waals surface area contributed by atoms with Crippen LogP contribution < -0.4 is 4.31 Å². The number of anilines is 1. The van der Waals surface area contributed by atoms with Crippen LogP contribution in [0.15, 0.2) is 18.2 Å². The number of hydrogen-bond acceptors (Lipinski definition) is 3. The fraction of sp³-hybridized carbons (Fsp3) is 0.222. The van der Waals surface area contributed by atoms with Gasteiger partial charge in [0.25, 0.3) is 0 Å². The van der Waals surface area contributed by atoms with Crippen molar-refractivity contribution in [1.82, 2.24) is 0 Å². The van der Waals surface area contributed by atoms with Gasteiger partial charge in [0.2, 0.25) is 10.0 Å². The number of carboxylic acids is 1. The van der Waals surface area contributed by atoms with Crippen molar-refractivity contribution in [3.8, 4) is 0 Å². The number of carbonyl (C=O) groups is 1. The molecule has 1 rings (SSSR count). The number of rotatable bonds is 3. The Morgan fingerprint density at radius 2 is 2.00 bits per heavy atom. The zero-order chi connectivity index (χ0) is 12.5. The van der Waals surface area contributed by atoms with Gasteiger partial charge in [0.05, 0.1) is 17.5 Å². The molecule has 0 atom stereocenters. The van der Waals surface area contributed by atoms with Crippen LogP contribution in [0.3, 0.4) is 0 Å². The Morgan fingerprint density at radius 1 is 1.44 bits per heavy atom. The van der Waals surface area contributed by atoms with E-state index in [2.05, 4.69) is 0 Å². The highest BCUT2D eigenvalue weighted by Crippen LogP contribution is 2.19. The molecule has 0 radical (unpaired) electrons. The summed E-state index contributed by atoms with van der Waals surface area (Å²) in [6.07, 6.45) is 0.969. The van der Waals surface area contributed by atoms with Crippen molar-refractivity contribution in [2.45, 2.75) is 0 Å². The smallest absolute Gasteiger partial charge is 0.338 e. The van der Waals surface area contributed by atoms with Crippen LogP contribution in [0.1, 0.15) is 10.4 Å². The summed E-state index contributed by atoms with van der Waals surface area (Å²) in [5, 5.41) is 8.67. The number of hydrogen-bond donors (Lipinski definition) is 1. The first-order chi connectivity index (χ1) is 7.23. The number of halogens is 1. The largest absolute Gasteiger partial charge is 0.478 e. The van der Waals surface area contributed by atoms with Crippen LogP contribution >= 0.6 is 0 Å². The van der Waals surface area contributed by atoms with Crippen LogP contribution in [0.25, 0.3) is 0 Å². The maximum atomic E-state index is 13.0. The standard InChI is InChI=1S/C9H10FNO4S/c1-11(16(2,14)15)6-3-4-8(10)7(5-6)9(12)13/h3-5H,1-2H3,(H,12,13). The Labute approximate surface area is 92.2 Å². The first kappa shape index (κ1) is 12.4. The average molecular weight is 247 g/mol. The van der Waals surface area contributed by atoms with Crippen molar-refractivity contribution in [2.24, 2.45) is 0 Å². The Kier molecular flexibility index (Phi) is 3.18. The summed E-state index contributed by atoms with van der Waals surface area (Å²) in [4.78, 5) is 10.6. The van der Waals surface area contributed by atoms with E-state index in [-0.39, 0.29) is 5.69 Å². The third kappa shape index (κ3) is 2.48. The highest BCUT2D eigenvalue weighted by molar-refractivity contribution is 7.92. The van der Waals surface area contributed by atoms with Gasteiger partial charge in [-0.15, -0.1) is 0 Å². The molecule has 0 aliphatic carbocycles. The molecule has 0 aliphatic rings. The van der Waals surface area contributed by atoms with E-state index in [9.17, 15) is 17.6 Å². The molecule has 0 heterocycles. The highest BCUT2D eigenvalue weighted by Gasteiger charge is 2.16. The molecule has 0 saturated heterocycles. The van der Waals surface area contributed by atoms with E-state index in [1.165, 1.54) is 13.1 Å². The average Bonchev–Trinajstić information content (AvgIpc) is 2.15. The Bertz CT molecular complexity index is 526. The summed E-state index contributed by atoms with van der Waals surface area (Å²) >= 11 is 0. The second-order valence-corrected chi connectivity index (χ2v) is 5.21. The summed E-state index contributed by atoms with van der Waals surface area (Å²) in [6.45, 7) is 0. The lowest BCUT2D eigenvalue weighted by Gasteiger charge is -2.16. The van der Waals surface area contributed by atoms with Crippen molar-refractivity contribution in [3.63, 3.8) is 0 Å². The quantitative estimate of drug-likeness (QED) is 0.861. The predicted molar refractivity (Wildman–Crippen MR) is 56.6 cm³/mol. The zero-order valence-corrected chi connectivity index (χ0v) is 9.45. The van der Waals surface area contributed by atoms with Crippen molar-refractivity contribution < 1.29 is 22.7 Å². The highest BCUT2D eigenvalue weighted by atomic mass is 32.2. The fourth-order valence-corrected chi connectivity index (χ4v) is 1.56. The molecule has 5 nitrogen and oxygen atoms in total. The topological polar surface area (TPSA) is 74.7 Å². The lowest BCUT2D eigenvalue weighted by molar-refractivity contribution is 0.0692. The Balaban J connectivity index is 3.29. The van der Waals surface area contributed by atoms with Crippen molar-refractivity contribution in [1.29, 1.82) is 0 Å². The Morgan fingerprint density at radius 3 is 2.44 bits per heavy atom. The fourth-order valence-electron chi connectivity index (χ4n) is 1.06. The van der Waals surface area contributed by atoms with Gasteiger partial charge in [0.15, 0.2) is 0 Å². The number of aromatic carboxylic acids is 1.